The van der Waals surface area contributed by atoms with E-state index in [0.717, 1.165) is 26.7 Å². The number of halogens is 1. The number of hydrogen-bond acceptors (Lipinski definition) is 2. The van der Waals surface area contributed by atoms with E-state index in [9.17, 15) is 0 Å². The van der Waals surface area contributed by atoms with Crippen LogP contribution in [0.5, 0.6) is 0 Å². The van der Waals surface area contributed by atoms with Crippen LogP contribution in [0.25, 0.3) is 22.6 Å². The maximum atomic E-state index is 5.76. The summed E-state index contributed by atoms with van der Waals surface area (Å²) in [7, 11) is 0. The summed E-state index contributed by atoms with van der Waals surface area (Å²) in [5.41, 5.74) is 3.89. The fourth-order valence-electron chi connectivity index (χ4n) is 1.83. The van der Waals surface area contributed by atoms with Crippen LogP contribution in [0.1, 0.15) is 5.56 Å². The summed E-state index contributed by atoms with van der Waals surface area (Å²) >= 11 is 3.43. The first-order valence-electron chi connectivity index (χ1n) is 5.36. The lowest BCUT2D eigenvalue weighted by atomic mass is 10.1. The average Bonchev–Trinajstić information content (AvgIpc) is 2.72. The molecule has 0 bridgehead atoms. The van der Waals surface area contributed by atoms with Crippen molar-refractivity contribution in [2.24, 2.45) is 0 Å². The normalized spacial score (nSPS) is 10.9. The van der Waals surface area contributed by atoms with Crippen molar-refractivity contribution in [3.63, 3.8) is 0 Å². The number of oxazole rings is 1. The Morgan fingerprint density at radius 3 is 2.76 bits per heavy atom. The molecule has 1 heterocycles. The molecule has 0 aliphatic rings. The van der Waals surface area contributed by atoms with Crippen molar-refractivity contribution in [1.29, 1.82) is 0 Å². The lowest BCUT2D eigenvalue weighted by Gasteiger charge is -1.98. The molecule has 3 aromatic rings. The van der Waals surface area contributed by atoms with Crippen LogP contribution in [-0.4, -0.2) is 4.98 Å². The first-order valence-corrected chi connectivity index (χ1v) is 6.15. The van der Waals surface area contributed by atoms with Crippen molar-refractivity contribution in [2.75, 3.05) is 0 Å². The minimum Gasteiger partial charge on any atom is -0.436 e. The van der Waals surface area contributed by atoms with Crippen LogP contribution in [0.15, 0.2) is 51.4 Å². The van der Waals surface area contributed by atoms with E-state index in [4.69, 9.17) is 4.42 Å². The molecular formula is C14H10BrNO. The molecule has 0 aliphatic heterocycles. The Hall–Kier alpha value is -1.61. The number of fused-ring (bicyclic) bond motifs is 1. The van der Waals surface area contributed by atoms with E-state index < -0.39 is 0 Å². The molecular weight excluding hydrogens is 278 g/mol. The third-order valence-corrected chi connectivity index (χ3v) is 3.22. The van der Waals surface area contributed by atoms with E-state index in [1.807, 2.05) is 36.4 Å². The van der Waals surface area contributed by atoms with Crippen molar-refractivity contribution in [3.8, 4) is 11.5 Å². The van der Waals surface area contributed by atoms with Crippen LogP contribution in [-0.2, 0) is 0 Å². The van der Waals surface area contributed by atoms with Gasteiger partial charge in [-0.3, -0.25) is 0 Å². The molecule has 0 N–H and O–H groups in total. The average molecular weight is 288 g/mol. The highest BCUT2D eigenvalue weighted by Crippen LogP contribution is 2.27. The summed E-state index contributed by atoms with van der Waals surface area (Å²) in [5.74, 6) is 0.677. The predicted molar refractivity (Wildman–Crippen MR) is 71.9 cm³/mol. The van der Waals surface area contributed by atoms with Gasteiger partial charge in [0.1, 0.15) is 5.52 Å². The zero-order chi connectivity index (χ0) is 11.8. The number of rotatable bonds is 1. The van der Waals surface area contributed by atoms with E-state index in [1.54, 1.807) is 0 Å². The Labute approximate surface area is 107 Å². The molecule has 0 fully saturated rings. The SMILES string of the molecule is Cc1ccccc1-c1nc2cc(Br)ccc2o1. The van der Waals surface area contributed by atoms with Crippen molar-refractivity contribution < 1.29 is 4.42 Å². The van der Waals surface area contributed by atoms with Gasteiger partial charge in [-0.15, -0.1) is 0 Å². The number of aryl methyl sites for hydroxylation is 1. The Kier molecular flexibility index (Phi) is 2.48. The standard InChI is InChI=1S/C14H10BrNO/c1-9-4-2-3-5-11(9)14-16-12-8-10(15)6-7-13(12)17-14/h2-8H,1H3. The van der Waals surface area contributed by atoms with Crippen molar-refractivity contribution in [2.45, 2.75) is 6.92 Å². The molecule has 3 heteroatoms. The van der Waals surface area contributed by atoms with Gasteiger partial charge in [0.2, 0.25) is 5.89 Å². The fraction of sp³-hybridized carbons (Fsp3) is 0.0714. The molecule has 17 heavy (non-hydrogen) atoms. The van der Waals surface area contributed by atoms with Crippen LogP contribution in [0.3, 0.4) is 0 Å². The van der Waals surface area contributed by atoms with Gasteiger partial charge in [-0.05, 0) is 36.8 Å². The molecule has 0 amide bonds. The summed E-state index contributed by atoms with van der Waals surface area (Å²) in [6, 6.07) is 13.9. The van der Waals surface area contributed by atoms with Gasteiger partial charge in [-0.1, -0.05) is 34.1 Å². The van der Waals surface area contributed by atoms with Crippen LogP contribution < -0.4 is 0 Å². The molecule has 84 valence electrons. The molecule has 0 saturated heterocycles. The number of hydrogen-bond donors (Lipinski definition) is 0. The predicted octanol–water partition coefficient (Wildman–Crippen LogP) is 4.57. The van der Waals surface area contributed by atoms with E-state index in [2.05, 4.69) is 33.9 Å². The maximum absolute atomic E-state index is 5.76. The van der Waals surface area contributed by atoms with Crippen molar-refractivity contribution in [3.05, 3.63) is 52.5 Å². The van der Waals surface area contributed by atoms with Gasteiger partial charge in [0.15, 0.2) is 5.58 Å². The quantitative estimate of drug-likeness (QED) is 0.655. The number of aromatic nitrogens is 1. The Morgan fingerprint density at radius 2 is 1.94 bits per heavy atom. The minimum atomic E-state index is 0.677. The lowest BCUT2D eigenvalue weighted by Crippen LogP contribution is -1.81. The molecule has 0 atom stereocenters. The molecule has 2 nitrogen and oxygen atoms in total. The van der Waals surface area contributed by atoms with Gasteiger partial charge < -0.3 is 4.42 Å². The number of benzene rings is 2. The van der Waals surface area contributed by atoms with Gasteiger partial charge in [-0.25, -0.2) is 4.98 Å². The smallest absolute Gasteiger partial charge is 0.227 e. The summed E-state index contributed by atoms with van der Waals surface area (Å²) in [6.07, 6.45) is 0. The maximum Gasteiger partial charge on any atom is 0.227 e. The third kappa shape index (κ3) is 1.87. The highest BCUT2D eigenvalue weighted by Gasteiger charge is 2.09. The lowest BCUT2D eigenvalue weighted by molar-refractivity contribution is 0.619. The fourth-order valence-corrected chi connectivity index (χ4v) is 2.18. The molecule has 0 unspecified atom stereocenters. The summed E-state index contributed by atoms with van der Waals surface area (Å²) in [6.45, 7) is 2.06. The van der Waals surface area contributed by atoms with E-state index in [-0.39, 0.29) is 0 Å². The first-order chi connectivity index (χ1) is 8.24. The Bertz CT molecular complexity index is 688. The van der Waals surface area contributed by atoms with Crippen LogP contribution in [0.2, 0.25) is 0 Å². The highest BCUT2D eigenvalue weighted by molar-refractivity contribution is 9.10. The molecule has 0 aliphatic carbocycles. The monoisotopic (exact) mass is 287 g/mol. The van der Waals surface area contributed by atoms with Gasteiger partial charge in [0.25, 0.3) is 0 Å². The van der Waals surface area contributed by atoms with Crippen molar-refractivity contribution >= 4 is 27.0 Å². The van der Waals surface area contributed by atoms with E-state index >= 15 is 0 Å². The molecule has 0 radical (unpaired) electrons. The topological polar surface area (TPSA) is 26.0 Å². The molecule has 0 saturated carbocycles. The van der Waals surface area contributed by atoms with Crippen molar-refractivity contribution in [1.82, 2.24) is 4.98 Å². The van der Waals surface area contributed by atoms with Crippen LogP contribution >= 0.6 is 15.9 Å². The van der Waals surface area contributed by atoms with Gasteiger partial charge in [-0.2, -0.15) is 0 Å². The van der Waals surface area contributed by atoms with Gasteiger partial charge in [0.05, 0.1) is 0 Å². The second-order valence-corrected chi connectivity index (χ2v) is 4.86. The zero-order valence-electron chi connectivity index (χ0n) is 9.27. The third-order valence-electron chi connectivity index (χ3n) is 2.73. The van der Waals surface area contributed by atoms with E-state index in [1.165, 1.54) is 0 Å². The summed E-state index contributed by atoms with van der Waals surface area (Å²) in [5, 5.41) is 0. The highest BCUT2D eigenvalue weighted by atomic mass is 79.9. The first kappa shape index (κ1) is 10.5. The largest absolute Gasteiger partial charge is 0.436 e. The molecule has 3 rings (SSSR count). The summed E-state index contributed by atoms with van der Waals surface area (Å²) < 4.78 is 6.77. The van der Waals surface area contributed by atoms with Crippen LogP contribution in [0.4, 0.5) is 0 Å². The van der Waals surface area contributed by atoms with Crippen LogP contribution in [0, 0.1) is 6.92 Å². The van der Waals surface area contributed by atoms with Gasteiger partial charge >= 0.3 is 0 Å². The minimum absolute atomic E-state index is 0.677. The summed E-state index contributed by atoms with van der Waals surface area (Å²) in [4.78, 5) is 4.51. The Morgan fingerprint density at radius 1 is 1.12 bits per heavy atom. The Balaban J connectivity index is 2.22. The molecule has 0 spiro atoms. The number of nitrogens with zero attached hydrogens (tertiary/aromatic N) is 1. The zero-order valence-corrected chi connectivity index (χ0v) is 10.9. The van der Waals surface area contributed by atoms with Gasteiger partial charge in [0, 0.05) is 10.0 Å². The molecule has 1 aromatic heterocycles. The van der Waals surface area contributed by atoms with E-state index in [0.29, 0.717) is 5.89 Å². The second kappa shape index (κ2) is 4.00. The molecule has 2 aromatic carbocycles. The second-order valence-electron chi connectivity index (χ2n) is 3.95.